The molecule has 1 atom stereocenters. The number of aliphatic hydroxyl groups excluding tert-OH is 1. The van der Waals surface area contributed by atoms with Crippen molar-refractivity contribution in [1.29, 1.82) is 0 Å². The molecule has 3 nitrogen and oxygen atoms in total. The lowest BCUT2D eigenvalue weighted by molar-refractivity contribution is -0.200. The SMILES string of the molecule is CCc1cccc(Oc2cccc(N(Cc3ccc(C(F)(F)F)cc3F)C[C@@H](O)C(F)(F)F)c2)c1. The highest BCUT2D eigenvalue weighted by atomic mass is 19.4. The van der Waals surface area contributed by atoms with E-state index >= 15 is 0 Å². The van der Waals surface area contributed by atoms with Crippen LogP contribution in [0, 0.1) is 5.82 Å². The first-order valence-electron chi connectivity index (χ1n) is 10.6. The molecule has 3 rings (SSSR count). The lowest BCUT2D eigenvalue weighted by Gasteiger charge is -2.29. The van der Waals surface area contributed by atoms with Gasteiger partial charge in [0.1, 0.15) is 17.3 Å². The molecule has 0 bridgehead atoms. The van der Waals surface area contributed by atoms with Gasteiger partial charge in [0.25, 0.3) is 0 Å². The minimum atomic E-state index is -4.95. The molecule has 3 aromatic carbocycles. The fraction of sp³-hybridized carbons (Fsp3) is 0.280. The molecule has 0 aliphatic rings. The second-order valence-electron chi connectivity index (χ2n) is 7.84. The summed E-state index contributed by atoms with van der Waals surface area (Å²) in [7, 11) is 0. The summed E-state index contributed by atoms with van der Waals surface area (Å²) in [5.74, 6) is -0.456. The zero-order valence-electron chi connectivity index (χ0n) is 18.5. The number of halogens is 7. The Morgan fingerprint density at radius 2 is 1.54 bits per heavy atom. The van der Waals surface area contributed by atoms with Crippen LogP contribution in [0.2, 0.25) is 0 Å². The van der Waals surface area contributed by atoms with Gasteiger partial charge in [-0.1, -0.05) is 31.2 Å². The van der Waals surface area contributed by atoms with Gasteiger partial charge in [0, 0.05) is 23.9 Å². The minimum absolute atomic E-state index is 0.150. The van der Waals surface area contributed by atoms with Crippen molar-refractivity contribution >= 4 is 5.69 Å². The highest BCUT2D eigenvalue weighted by molar-refractivity contribution is 5.52. The van der Waals surface area contributed by atoms with Crippen molar-refractivity contribution in [1.82, 2.24) is 0 Å². The Hall–Kier alpha value is -3.27. The lowest BCUT2D eigenvalue weighted by atomic mass is 10.1. The average Bonchev–Trinajstić information content (AvgIpc) is 2.78. The van der Waals surface area contributed by atoms with Crippen LogP contribution >= 0.6 is 0 Å². The van der Waals surface area contributed by atoms with Gasteiger partial charge < -0.3 is 14.7 Å². The third-order valence-electron chi connectivity index (χ3n) is 5.24. The van der Waals surface area contributed by atoms with E-state index in [1.165, 1.54) is 18.2 Å². The Labute approximate surface area is 197 Å². The van der Waals surface area contributed by atoms with Crippen molar-refractivity contribution in [3.05, 3.63) is 89.2 Å². The molecular formula is C25H22F7NO2. The summed E-state index contributed by atoms with van der Waals surface area (Å²) in [6.07, 6.45) is -11.7. The zero-order chi connectivity index (χ0) is 25.8. The number of nitrogens with zero attached hydrogens (tertiary/aromatic N) is 1. The fourth-order valence-corrected chi connectivity index (χ4v) is 3.34. The summed E-state index contributed by atoms with van der Waals surface area (Å²) in [4.78, 5) is 1.03. The molecule has 35 heavy (non-hydrogen) atoms. The molecule has 0 heterocycles. The third kappa shape index (κ3) is 7.11. The lowest BCUT2D eigenvalue weighted by Crippen LogP contribution is -2.41. The number of aliphatic hydroxyl groups is 1. The number of hydrogen-bond acceptors (Lipinski definition) is 3. The van der Waals surface area contributed by atoms with Gasteiger partial charge in [-0.15, -0.1) is 0 Å². The van der Waals surface area contributed by atoms with Gasteiger partial charge in [-0.3, -0.25) is 0 Å². The van der Waals surface area contributed by atoms with Gasteiger partial charge in [0.15, 0.2) is 6.10 Å². The molecule has 0 spiro atoms. The van der Waals surface area contributed by atoms with Crippen LogP contribution in [-0.4, -0.2) is 23.9 Å². The largest absolute Gasteiger partial charge is 0.457 e. The summed E-state index contributed by atoms with van der Waals surface area (Å²) < 4.78 is 98.0. The monoisotopic (exact) mass is 501 g/mol. The molecule has 0 amide bonds. The highest BCUT2D eigenvalue weighted by Gasteiger charge is 2.39. The number of aryl methyl sites for hydroxylation is 1. The molecule has 0 fully saturated rings. The van der Waals surface area contributed by atoms with Gasteiger partial charge >= 0.3 is 12.4 Å². The summed E-state index contributed by atoms with van der Waals surface area (Å²) >= 11 is 0. The Morgan fingerprint density at radius 3 is 2.14 bits per heavy atom. The Balaban J connectivity index is 1.92. The van der Waals surface area contributed by atoms with E-state index in [0.717, 1.165) is 23.0 Å². The van der Waals surface area contributed by atoms with Crippen LogP contribution in [0.3, 0.4) is 0 Å². The standard InChI is InChI=1S/C25H22F7NO2/c1-2-16-5-3-7-20(11-16)35-21-8-4-6-19(13-21)33(15-23(34)25(30,31)32)14-17-9-10-18(12-22(17)26)24(27,28)29/h3-13,23,34H,2,14-15H2,1H3/t23-/m1/s1. The van der Waals surface area contributed by atoms with Crippen LogP contribution in [0.5, 0.6) is 11.5 Å². The van der Waals surface area contributed by atoms with E-state index in [2.05, 4.69) is 0 Å². The topological polar surface area (TPSA) is 32.7 Å². The maximum absolute atomic E-state index is 14.4. The normalized spacial score (nSPS) is 12.9. The Kier molecular flexibility index (Phi) is 7.94. The second-order valence-corrected chi connectivity index (χ2v) is 7.84. The highest BCUT2D eigenvalue weighted by Crippen LogP contribution is 2.32. The summed E-state index contributed by atoms with van der Waals surface area (Å²) in [5.41, 5.74) is -0.331. The molecule has 10 heteroatoms. The molecule has 1 N–H and O–H groups in total. The number of benzene rings is 3. The van der Waals surface area contributed by atoms with Crippen LogP contribution < -0.4 is 9.64 Å². The van der Waals surface area contributed by atoms with E-state index in [-0.39, 0.29) is 23.1 Å². The Bertz CT molecular complexity index is 1150. The molecule has 3 aromatic rings. The molecule has 188 valence electrons. The summed E-state index contributed by atoms with van der Waals surface area (Å²) in [6, 6.07) is 14.9. The molecular weight excluding hydrogens is 479 g/mol. The van der Waals surface area contributed by atoms with Crippen LogP contribution in [0.25, 0.3) is 0 Å². The van der Waals surface area contributed by atoms with Gasteiger partial charge in [-0.25, -0.2) is 4.39 Å². The number of ether oxygens (including phenoxy) is 1. The maximum atomic E-state index is 14.4. The third-order valence-corrected chi connectivity index (χ3v) is 5.24. The van der Waals surface area contributed by atoms with Crippen molar-refractivity contribution in [2.45, 2.75) is 38.3 Å². The van der Waals surface area contributed by atoms with Crippen molar-refractivity contribution in [3.8, 4) is 11.5 Å². The molecule has 0 unspecified atom stereocenters. The zero-order valence-corrected chi connectivity index (χ0v) is 18.5. The van der Waals surface area contributed by atoms with Gasteiger partial charge in [0.05, 0.1) is 12.1 Å². The molecule has 0 saturated heterocycles. The predicted molar refractivity (Wildman–Crippen MR) is 117 cm³/mol. The molecule has 0 aliphatic heterocycles. The number of alkyl halides is 6. The van der Waals surface area contributed by atoms with Gasteiger partial charge in [-0.05, 0) is 48.4 Å². The van der Waals surface area contributed by atoms with Crippen LogP contribution in [-0.2, 0) is 19.1 Å². The first kappa shape index (κ1) is 26.3. The van der Waals surface area contributed by atoms with E-state index < -0.39 is 42.9 Å². The van der Waals surface area contributed by atoms with E-state index in [1.807, 2.05) is 13.0 Å². The fourth-order valence-electron chi connectivity index (χ4n) is 3.34. The van der Waals surface area contributed by atoms with Crippen LogP contribution in [0.4, 0.5) is 36.4 Å². The Morgan fingerprint density at radius 1 is 0.886 bits per heavy atom. The molecule has 0 radical (unpaired) electrons. The van der Waals surface area contributed by atoms with Crippen LogP contribution in [0.15, 0.2) is 66.7 Å². The summed E-state index contributed by atoms with van der Waals surface area (Å²) in [5, 5.41) is 9.64. The van der Waals surface area contributed by atoms with E-state index in [1.54, 1.807) is 24.3 Å². The predicted octanol–water partition coefficient (Wildman–Crippen LogP) is 7.13. The second kappa shape index (κ2) is 10.6. The summed E-state index contributed by atoms with van der Waals surface area (Å²) in [6.45, 7) is 0.467. The molecule has 0 aliphatic carbocycles. The van der Waals surface area contributed by atoms with Crippen LogP contribution in [0.1, 0.15) is 23.6 Å². The quantitative estimate of drug-likeness (QED) is 0.334. The van der Waals surface area contributed by atoms with Gasteiger partial charge in [-0.2, -0.15) is 26.3 Å². The minimum Gasteiger partial charge on any atom is -0.457 e. The first-order chi connectivity index (χ1) is 16.4. The van der Waals surface area contributed by atoms with Gasteiger partial charge in [0.2, 0.25) is 0 Å². The number of hydrogen-bond donors (Lipinski definition) is 1. The van der Waals surface area contributed by atoms with Crippen molar-refractivity contribution in [2.75, 3.05) is 11.4 Å². The molecule has 0 saturated carbocycles. The average molecular weight is 501 g/mol. The number of anilines is 1. The van der Waals surface area contributed by atoms with Crippen molar-refractivity contribution in [3.63, 3.8) is 0 Å². The smallest absolute Gasteiger partial charge is 0.416 e. The van der Waals surface area contributed by atoms with E-state index in [4.69, 9.17) is 4.74 Å². The first-order valence-corrected chi connectivity index (χ1v) is 10.6. The number of rotatable bonds is 8. The van der Waals surface area contributed by atoms with E-state index in [0.29, 0.717) is 11.8 Å². The van der Waals surface area contributed by atoms with Crippen molar-refractivity contribution < 1.29 is 40.6 Å². The van der Waals surface area contributed by atoms with Crippen molar-refractivity contribution in [2.24, 2.45) is 0 Å². The van der Waals surface area contributed by atoms with E-state index in [9.17, 15) is 35.8 Å². The molecule has 0 aromatic heterocycles. The maximum Gasteiger partial charge on any atom is 0.416 e.